The highest BCUT2D eigenvalue weighted by atomic mass is 16.5. The molecule has 0 aliphatic heterocycles. The predicted molar refractivity (Wildman–Crippen MR) is 42.6 cm³/mol. The van der Waals surface area contributed by atoms with E-state index in [0.717, 1.165) is 12.2 Å². The van der Waals surface area contributed by atoms with Gasteiger partial charge in [0.05, 0.1) is 12.9 Å². The second kappa shape index (κ2) is 3.60. The highest BCUT2D eigenvalue weighted by molar-refractivity contribution is 6.50. The Balaban J connectivity index is 2.61. The van der Waals surface area contributed by atoms with Crippen LogP contribution in [0.3, 0.4) is 0 Å². The molecule has 0 spiro atoms. The summed E-state index contributed by atoms with van der Waals surface area (Å²) in [4.78, 5) is 0. The first-order chi connectivity index (χ1) is 5.24. The third-order valence-corrected chi connectivity index (χ3v) is 1.74. The van der Waals surface area contributed by atoms with E-state index in [-0.39, 0.29) is 0 Å². The summed E-state index contributed by atoms with van der Waals surface area (Å²) < 4.78 is 4.97. The van der Waals surface area contributed by atoms with E-state index in [0.29, 0.717) is 11.9 Å². The van der Waals surface area contributed by atoms with Crippen molar-refractivity contribution in [3.63, 3.8) is 0 Å². The summed E-state index contributed by atoms with van der Waals surface area (Å²) in [6.07, 6.45) is 4.86. The molecule has 0 aromatic carbocycles. The Bertz CT molecular complexity index is 196. The average molecular weight is 154 g/mol. The van der Waals surface area contributed by atoms with Crippen molar-refractivity contribution in [3.05, 3.63) is 23.4 Å². The molecule has 0 aromatic heterocycles. The molecule has 0 unspecified atom stereocenters. The molecule has 3 nitrogen and oxygen atoms in total. The molecule has 0 saturated carbocycles. The SMILES string of the molecule is COC1=CC=C(B(O)O)CC1. The van der Waals surface area contributed by atoms with Crippen molar-refractivity contribution in [3.8, 4) is 0 Å². The van der Waals surface area contributed by atoms with E-state index in [9.17, 15) is 0 Å². The van der Waals surface area contributed by atoms with E-state index >= 15 is 0 Å². The molecule has 4 heteroatoms. The fourth-order valence-corrected chi connectivity index (χ4v) is 1.02. The van der Waals surface area contributed by atoms with Crippen LogP contribution in [0.25, 0.3) is 0 Å². The first kappa shape index (κ1) is 8.36. The summed E-state index contributed by atoms with van der Waals surface area (Å²) >= 11 is 0. The van der Waals surface area contributed by atoms with Crippen LogP contribution < -0.4 is 0 Å². The van der Waals surface area contributed by atoms with Gasteiger partial charge in [-0.1, -0.05) is 6.08 Å². The maximum absolute atomic E-state index is 8.75. The number of hydrogen-bond donors (Lipinski definition) is 2. The van der Waals surface area contributed by atoms with Gasteiger partial charge >= 0.3 is 7.12 Å². The number of hydrogen-bond acceptors (Lipinski definition) is 3. The zero-order chi connectivity index (χ0) is 8.27. The first-order valence-electron chi connectivity index (χ1n) is 3.54. The van der Waals surface area contributed by atoms with Crippen LogP contribution in [-0.2, 0) is 4.74 Å². The predicted octanol–water partition coefficient (Wildman–Crippen LogP) is 0.249. The Kier molecular flexibility index (Phi) is 2.73. The molecule has 0 bridgehead atoms. The standard InChI is InChI=1S/C7H11BO3/c1-11-7-4-2-6(3-5-7)8(9)10/h2,4,9-10H,3,5H2,1H3. The van der Waals surface area contributed by atoms with Crippen LogP contribution in [0.4, 0.5) is 0 Å². The first-order valence-corrected chi connectivity index (χ1v) is 3.54. The van der Waals surface area contributed by atoms with Gasteiger partial charge in [-0.25, -0.2) is 0 Å². The van der Waals surface area contributed by atoms with E-state index in [1.165, 1.54) is 0 Å². The lowest BCUT2D eigenvalue weighted by molar-refractivity contribution is 0.275. The molecule has 0 saturated heterocycles. The van der Waals surface area contributed by atoms with Gasteiger partial charge in [-0.3, -0.25) is 0 Å². The van der Waals surface area contributed by atoms with Crippen LogP contribution in [0.15, 0.2) is 23.4 Å². The Morgan fingerprint density at radius 3 is 2.45 bits per heavy atom. The molecular formula is C7H11BO3. The van der Waals surface area contributed by atoms with Gasteiger partial charge in [-0.2, -0.15) is 0 Å². The van der Waals surface area contributed by atoms with E-state index in [4.69, 9.17) is 14.8 Å². The van der Waals surface area contributed by atoms with Crippen LogP contribution in [0, 0.1) is 0 Å². The number of allylic oxidation sites excluding steroid dienone is 4. The summed E-state index contributed by atoms with van der Waals surface area (Å²) in [7, 11) is 0.296. The van der Waals surface area contributed by atoms with Gasteiger partial charge in [0.1, 0.15) is 0 Å². The topological polar surface area (TPSA) is 49.7 Å². The van der Waals surface area contributed by atoms with Gasteiger partial charge in [0.2, 0.25) is 0 Å². The van der Waals surface area contributed by atoms with Crippen LogP contribution >= 0.6 is 0 Å². The third kappa shape index (κ3) is 2.10. The highest BCUT2D eigenvalue weighted by Gasteiger charge is 2.16. The van der Waals surface area contributed by atoms with Crippen molar-refractivity contribution in [1.29, 1.82) is 0 Å². The van der Waals surface area contributed by atoms with Gasteiger partial charge in [0.25, 0.3) is 0 Å². The number of ether oxygens (including phenoxy) is 1. The number of methoxy groups -OCH3 is 1. The molecule has 60 valence electrons. The Morgan fingerprint density at radius 2 is 2.09 bits per heavy atom. The van der Waals surface area contributed by atoms with Crippen molar-refractivity contribution in [2.45, 2.75) is 12.8 Å². The van der Waals surface area contributed by atoms with Gasteiger partial charge in [-0.05, 0) is 18.0 Å². The lowest BCUT2D eigenvalue weighted by atomic mass is 9.75. The van der Waals surface area contributed by atoms with Gasteiger partial charge in [0.15, 0.2) is 0 Å². The molecule has 0 fully saturated rings. The second-order valence-corrected chi connectivity index (χ2v) is 2.45. The molecule has 0 heterocycles. The lowest BCUT2D eigenvalue weighted by Gasteiger charge is -2.12. The van der Waals surface area contributed by atoms with Crippen molar-refractivity contribution < 1.29 is 14.8 Å². The van der Waals surface area contributed by atoms with E-state index in [2.05, 4.69) is 0 Å². The van der Waals surface area contributed by atoms with Gasteiger partial charge < -0.3 is 14.8 Å². The fraction of sp³-hybridized carbons (Fsp3) is 0.429. The minimum atomic E-state index is -1.32. The summed E-state index contributed by atoms with van der Waals surface area (Å²) in [5.41, 5.74) is 0.644. The lowest BCUT2D eigenvalue weighted by Crippen LogP contribution is -2.16. The van der Waals surface area contributed by atoms with Crippen molar-refractivity contribution in [1.82, 2.24) is 0 Å². The summed E-state index contributed by atoms with van der Waals surface area (Å²) in [5.74, 6) is 0.884. The second-order valence-electron chi connectivity index (χ2n) is 2.45. The smallest absolute Gasteiger partial charge is 0.484 e. The Hall–Kier alpha value is -0.735. The third-order valence-electron chi connectivity index (χ3n) is 1.74. The fourth-order valence-electron chi connectivity index (χ4n) is 1.02. The quantitative estimate of drug-likeness (QED) is 0.560. The molecule has 1 aliphatic carbocycles. The van der Waals surface area contributed by atoms with Crippen molar-refractivity contribution >= 4 is 7.12 Å². The van der Waals surface area contributed by atoms with Crippen LogP contribution in [0.2, 0.25) is 0 Å². The molecule has 11 heavy (non-hydrogen) atoms. The van der Waals surface area contributed by atoms with Gasteiger partial charge in [0, 0.05) is 6.42 Å². The van der Waals surface area contributed by atoms with E-state index < -0.39 is 7.12 Å². The average Bonchev–Trinajstić information content (AvgIpc) is 2.05. The van der Waals surface area contributed by atoms with Gasteiger partial charge in [-0.15, -0.1) is 0 Å². The number of rotatable bonds is 2. The normalized spacial score (nSPS) is 17.0. The monoisotopic (exact) mass is 154 g/mol. The molecule has 0 radical (unpaired) electrons. The minimum absolute atomic E-state index is 0.644. The maximum Gasteiger partial charge on any atom is 0.484 e. The Morgan fingerprint density at radius 1 is 1.36 bits per heavy atom. The zero-order valence-corrected chi connectivity index (χ0v) is 6.45. The minimum Gasteiger partial charge on any atom is -0.501 e. The zero-order valence-electron chi connectivity index (χ0n) is 6.45. The summed E-state index contributed by atoms with van der Waals surface area (Å²) in [6.45, 7) is 0. The highest BCUT2D eigenvalue weighted by Crippen LogP contribution is 2.18. The van der Waals surface area contributed by atoms with E-state index in [1.54, 1.807) is 19.3 Å². The van der Waals surface area contributed by atoms with E-state index in [1.807, 2.05) is 0 Å². The van der Waals surface area contributed by atoms with Crippen molar-refractivity contribution in [2.24, 2.45) is 0 Å². The summed E-state index contributed by atoms with van der Waals surface area (Å²) in [5, 5.41) is 17.5. The molecule has 0 amide bonds. The molecule has 2 N–H and O–H groups in total. The Labute approximate surface area is 66.1 Å². The molecule has 1 rings (SSSR count). The molecule has 0 atom stereocenters. The van der Waals surface area contributed by atoms with Crippen LogP contribution in [-0.4, -0.2) is 24.3 Å². The maximum atomic E-state index is 8.75. The van der Waals surface area contributed by atoms with Crippen molar-refractivity contribution in [2.75, 3.05) is 7.11 Å². The molecule has 0 aromatic rings. The van der Waals surface area contributed by atoms with Crippen LogP contribution in [0.1, 0.15) is 12.8 Å². The van der Waals surface area contributed by atoms with Crippen LogP contribution in [0.5, 0.6) is 0 Å². The molecular weight excluding hydrogens is 143 g/mol. The largest absolute Gasteiger partial charge is 0.501 e. The molecule has 1 aliphatic rings. The summed E-state index contributed by atoms with van der Waals surface area (Å²) in [6, 6.07) is 0.